The first-order valence-electron chi connectivity index (χ1n) is 7.97. The van der Waals surface area contributed by atoms with E-state index in [0.717, 1.165) is 31.6 Å². The molecule has 1 aliphatic carbocycles. The summed E-state index contributed by atoms with van der Waals surface area (Å²) in [6, 6.07) is 0. The highest BCUT2D eigenvalue weighted by molar-refractivity contribution is 5.87. The van der Waals surface area contributed by atoms with Gasteiger partial charge in [-0.2, -0.15) is 0 Å². The van der Waals surface area contributed by atoms with Gasteiger partial charge in [-0.25, -0.2) is 4.79 Å². The van der Waals surface area contributed by atoms with Crippen LogP contribution in [0.2, 0.25) is 0 Å². The minimum absolute atomic E-state index is 0.0279. The van der Waals surface area contributed by atoms with Crippen LogP contribution >= 0.6 is 0 Å². The van der Waals surface area contributed by atoms with Gasteiger partial charge in [0.1, 0.15) is 0 Å². The van der Waals surface area contributed by atoms with E-state index in [1.165, 1.54) is 33.3 Å². The monoisotopic (exact) mass is 299 g/mol. The van der Waals surface area contributed by atoms with E-state index in [-0.39, 0.29) is 18.4 Å². The quantitative estimate of drug-likeness (QED) is 0.722. The Bertz CT molecular complexity index is 350. The Morgan fingerprint density at radius 1 is 1.29 bits per heavy atom. The van der Waals surface area contributed by atoms with E-state index in [4.69, 9.17) is 4.74 Å². The van der Waals surface area contributed by atoms with Gasteiger partial charge in [0.25, 0.3) is 0 Å². The van der Waals surface area contributed by atoms with Gasteiger partial charge in [0.15, 0.2) is 5.54 Å². The molecule has 1 rings (SSSR count). The van der Waals surface area contributed by atoms with Crippen LogP contribution in [0.3, 0.4) is 0 Å². The zero-order valence-corrected chi connectivity index (χ0v) is 13.5. The minimum atomic E-state index is -1.34. The van der Waals surface area contributed by atoms with E-state index >= 15 is 0 Å². The largest absolute Gasteiger partial charge is 0.479 e. The molecule has 2 N–H and O–H groups in total. The second kappa shape index (κ2) is 8.37. The Labute approximate surface area is 127 Å². The van der Waals surface area contributed by atoms with Gasteiger partial charge < -0.3 is 15.2 Å². The van der Waals surface area contributed by atoms with Gasteiger partial charge in [0.2, 0.25) is 5.91 Å². The number of ether oxygens (including phenoxy) is 1. The van der Waals surface area contributed by atoms with Crippen molar-refractivity contribution in [2.45, 2.75) is 64.3 Å². The first kappa shape index (κ1) is 18.0. The van der Waals surface area contributed by atoms with Gasteiger partial charge >= 0.3 is 5.97 Å². The van der Waals surface area contributed by atoms with Gasteiger partial charge in [-0.05, 0) is 38.5 Å². The van der Waals surface area contributed by atoms with Crippen LogP contribution in [0.5, 0.6) is 0 Å². The summed E-state index contributed by atoms with van der Waals surface area (Å²) in [5.74, 6) is -0.530. The SMILES string of the molecule is CCCCC1CCC(C(=O)NC(C)(COC)C(=O)O)CC1. The number of hydrogen-bond acceptors (Lipinski definition) is 3. The molecule has 5 heteroatoms. The van der Waals surface area contributed by atoms with E-state index in [9.17, 15) is 14.7 Å². The van der Waals surface area contributed by atoms with Crippen LogP contribution < -0.4 is 5.32 Å². The van der Waals surface area contributed by atoms with Gasteiger partial charge in [-0.1, -0.05) is 26.2 Å². The lowest BCUT2D eigenvalue weighted by Crippen LogP contribution is -2.56. The molecule has 5 nitrogen and oxygen atoms in total. The van der Waals surface area contributed by atoms with Crippen LogP contribution in [0, 0.1) is 11.8 Å². The third-order valence-electron chi connectivity index (χ3n) is 4.49. The Hall–Kier alpha value is -1.10. The summed E-state index contributed by atoms with van der Waals surface area (Å²) in [6.07, 6.45) is 7.60. The number of unbranched alkanes of at least 4 members (excludes halogenated alkanes) is 1. The fraction of sp³-hybridized carbons (Fsp3) is 0.875. The summed E-state index contributed by atoms with van der Waals surface area (Å²) in [5.41, 5.74) is -1.34. The average Bonchev–Trinajstić information content (AvgIpc) is 2.45. The second-order valence-electron chi connectivity index (χ2n) is 6.42. The van der Waals surface area contributed by atoms with E-state index in [0.29, 0.717) is 0 Å². The zero-order valence-electron chi connectivity index (χ0n) is 13.5. The molecule has 1 aliphatic rings. The Kier molecular flexibility index (Phi) is 7.15. The lowest BCUT2D eigenvalue weighted by atomic mass is 9.79. The van der Waals surface area contributed by atoms with Crippen molar-refractivity contribution in [2.75, 3.05) is 13.7 Å². The molecule has 0 aromatic heterocycles. The standard InChI is InChI=1S/C16H29NO4/c1-4-5-6-12-7-9-13(10-8-12)14(18)17-16(2,11-21-3)15(19)20/h12-13H,4-11H2,1-3H3,(H,17,18)(H,19,20). The van der Waals surface area contributed by atoms with Crippen LogP contribution in [-0.2, 0) is 14.3 Å². The first-order valence-corrected chi connectivity index (χ1v) is 7.97. The van der Waals surface area contributed by atoms with Crippen molar-refractivity contribution < 1.29 is 19.4 Å². The van der Waals surface area contributed by atoms with Gasteiger partial charge in [-0.15, -0.1) is 0 Å². The molecular weight excluding hydrogens is 270 g/mol. The summed E-state index contributed by atoms with van der Waals surface area (Å²) in [5, 5.41) is 11.9. The summed E-state index contributed by atoms with van der Waals surface area (Å²) in [6.45, 7) is 3.66. The number of carboxylic acids is 1. The molecule has 1 fully saturated rings. The summed E-state index contributed by atoms with van der Waals surface area (Å²) < 4.78 is 4.92. The lowest BCUT2D eigenvalue weighted by Gasteiger charge is -2.31. The Balaban J connectivity index is 2.48. The predicted molar refractivity (Wildman–Crippen MR) is 81.0 cm³/mol. The van der Waals surface area contributed by atoms with Crippen LogP contribution in [0.25, 0.3) is 0 Å². The number of methoxy groups -OCH3 is 1. The normalized spacial score (nSPS) is 25.1. The molecular formula is C16H29NO4. The predicted octanol–water partition coefficient (Wildman–Crippen LogP) is 2.59. The molecule has 1 saturated carbocycles. The molecule has 0 bridgehead atoms. The molecule has 0 aromatic rings. The molecule has 0 aliphatic heterocycles. The topological polar surface area (TPSA) is 75.6 Å². The molecule has 1 unspecified atom stereocenters. The highest BCUT2D eigenvalue weighted by Gasteiger charge is 2.37. The highest BCUT2D eigenvalue weighted by atomic mass is 16.5. The Morgan fingerprint density at radius 2 is 1.90 bits per heavy atom. The molecule has 21 heavy (non-hydrogen) atoms. The smallest absolute Gasteiger partial charge is 0.331 e. The van der Waals surface area contributed by atoms with E-state index in [1.54, 1.807) is 0 Å². The maximum atomic E-state index is 12.3. The van der Waals surface area contributed by atoms with Gasteiger partial charge in [0, 0.05) is 13.0 Å². The van der Waals surface area contributed by atoms with Gasteiger partial charge in [-0.3, -0.25) is 4.79 Å². The summed E-state index contributed by atoms with van der Waals surface area (Å²) in [7, 11) is 1.44. The van der Waals surface area contributed by atoms with Crippen molar-refractivity contribution in [1.29, 1.82) is 0 Å². The Morgan fingerprint density at radius 3 is 2.38 bits per heavy atom. The molecule has 0 aromatic carbocycles. The fourth-order valence-electron chi connectivity index (χ4n) is 3.02. The third kappa shape index (κ3) is 5.30. The second-order valence-corrected chi connectivity index (χ2v) is 6.42. The van der Waals surface area contributed by atoms with Crippen LogP contribution in [0.15, 0.2) is 0 Å². The molecule has 0 spiro atoms. The van der Waals surface area contributed by atoms with Crippen molar-refractivity contribution >= 4 is 11.9 Å². The van der Waals surface area contributed by atoms with Crippen LogP contribution in [0.1, 0.15) is 58.8 Å². The number of hydrogen-bond donors (Lipinski definition) is 2. The van der Waals surface area contributed by atoms with Crippen LogP contribution in [-0.4, -0.2) is 36.2 Å². The van der Waals surface area contributed by atoms with Crippen molar-refractivity contribution in [3.8, 4) is 0 Å². The number of aliphatic carboxylic acids is 1. The number of amides is 1. The van der Waals surface area contributed by atoms with Crippen molar-refractivity contribution in [2.24, 2.45) is 11.8 Å². The maximum absolute atomic E-state index is 12.3. The maximum Gasteiger partial charge on any atom is 0.331 e. The summed E-state index contributed by atoms with van der Waals surface area (Å²) >= 11 is 0. The summed E-state index contributed by atoms with van der Waals surface area (Å²) in [4.78, 5) is 23.6. The van der Waals surface area contributed by atoms with E-state index in [1.807, 2.05) is 0 Å². The highest BCUT2D eigenvalue weighted by Crippen LogP contribution is 2.32. The molecule has 0 radical (unpaired) electrons. The van der Waals surface area contributed by atoms with Crippen LogP contribution in [0.4, 0.5) is 0 Å². The number of rotatable bonds is 8. The van der Waals surface area contributed by atoms with Crippen molar-refractivity contribution in [3.63, 3.8) is 0 Å². The van der Waals surface area contributed by atoms with Crippen molar-refractivity contribution in [3.05, 3.63) is 0 Å². The van der Waals surface area contributed by atoms with Crippen molar-refractivity contribution in [1.82, 2.24) is 5.32 Å². The van der Waals surface area contributed by atoms with E-state index < -0.39 is 11.5 Å². The number of carbonyl (C=O) groups excluding carboxylic acids is 1. The fourth-order valence-corrected chi connectivity index (χ4v) is 3.02. The zero-order chi connectivity index (χ0) is 15.9. The van der Waals surface area contributed by atoms with Gasteiger partial charge in [0.05, 0.1) is 6.61 Å². The number of nitrogens with one attached hydrogen (secondary N) is 1. The first-order chi connectivity index (χ1) is 9.92. The molecule has 0 saturated heterocycles. The molecule has 122 valence electrons. The molecule has 1 atom stereocenters. The number of carboxylic acid groups (broad SMARTS) is 1. The lowest BCUT2D eigenvalue weighted by molar-refractivity contribution is -0.150. The number of carbonyl (C=O) groups is 2. The molecule has 1 amide bonds. The minimum Gasteiger partial charge on any atom is -0.479 e. The van der Waals surface area contributed by atoms with E-state index in [2.05, 4.69) is 12.2 Å². The third-order valence-corrected chi connectivity index (χ3v) is 4.49. The average molecular weight is 299 g/mol. The molecule has 0 heterocycles.